The molecule has 1 aromatic heterocycles. The lowest BCUT2D eigenvalue weighted by atomic mass is 10.3. The number of nitrogens with two attached hydrogens (primary N) is 1. The van der Waals surface area contributed by atoms with Crippen molar-refractivity contribution in [2.45, 2.75) is 0 Å². The fraction of sp³-hybridized carbons (Fsp3) is 0. The van der Waals surface area contributed by atoms with Gasteiger partial charge in [-0.25, -0.2) is 13.8 Å². The van der Waals surface area contributed by atoms with Gasteiger partial charge in [0, 0.05) is 11.8 Å². The summed E-state index contributed by atoms with van der Waals surface area (Å²) >= 11 is 0. The van der Waals surface area contributed by atoms with Crippen LogP contribution in [-0.2, 0) is 0 Å². The molecule has 0 aliphatic heterocycles. The molecule has 18 heavy (non-hydrogen) atoms. The highest BCUT2D eigenvalue weighted by atomic mass is 19.1. The maximum Gasteiger partial charge on any atom is 0.165 e. The molecule has 0 bridgehead atoms. The summed E-state index contributed by atoms with van der Waals surface area (Å²) in [4.78, 5) is 3.90. The first-order valence-corrected chi connectivity index (χ1v) is 4.98. The van der Waals surface area contributed by atoms with Crippen molar-refractivity contribution in [3.05, 3.63) is 47.7 Å². The zero-order valence-electron chi connectivity index (χ0n) is 9.11. The van der Waals surface area contributed by atoms with E-state index in [-0.39, 0.29) is 22.9 Å². The van der Waals surface area contributed by atoms with E-state index in [1.54, 1.807) is 0 Å². The lowest BCUT2D eigenvalue weighted by molar-refractivity contribution is 0.584. The summed E-state index contributed by atoms with van der Waals surface area (Å²) < 4.78 is 25.9. The molecular formula is C12H8F2N4. The van der Waals surface area contributed by atoms with Crippen molar-refractivity contribution in [3.8, 4) is 6.07 Å². The van der Waals surface area contributed by atoms with Gasteiger partial charge in [0.15, 0.2) is 5.69 Å². The summed E-state index contributed by atoms with van der Waals surface area (Å²) in [6.07, 6.45) is 0. The summed E-state index contributed by atoms with van der Waals surface area (Å²) in [6.45, 7) is 0. The van der Waals surface area contributed by atoms with Crippen LogP contribution in [0.1, 0.15) is 5.69 Å². The van der Waals surface area contributed by atoms with Crippen molar-refractivity contribution in [3.63, 3.8) is 0 Å². The Morgan fingerprint density at radius 1 is 1.17 bits per heavy atom. The largest absolute Gasteiger partial charge is 0.396 e. The van der Waals surface area contributed by atoms with Gasteiger partial charge in [-0.15, -0.1) is 0 Å². The molecule has 0 unspecified atom stereocenters. The number of aromatic nitrogens is 1. The van der Waals surface area contributed by atoms with Crippen LogP contribution < -0.4 is 11.1 Å². The fourth-order valence-corrected chi connectivity index (χ4v) is 1.40. The number of hydrogen-bond acceptors (Lipinski definition) is 4. The maximum atomic E-state index is 13.0. The monoisotopic (exact) mass is 246 g/mol. The van der Waals surface area contributed by atoms with Crippen LogP contribution in [0.5, 0.6) is 0 Å². The molecule has 2 rings (SSSR count). The standard InChI is InChI=1S/C12H8F2N4/c13-7-3-8(14)5-9(4-7)17-12-2-1-10(16)11(6-15)18-12/h1-5H,16H2,(H,17,18). The first-order chi connectivity index (χ1) is 8.58. The van der Waals surface area contributed by atoms with Crippen molar-refractivity contribution in [1.29, 1.82) is 5.26 Å². The van der Waals surface area contributed by atoms with Gasteiger partial charge in [-0.3, -0.25) is 0 Å². The van der Waals surface area contributed by atoms with Gasteiger partial charge in [0.25, 0.3) is 0 Å². The van der Waals surface area contributed by atoms with Gasteiger partial charge in [-0.05, 0) is 24.3 Å². The zero-order chi connectivity index (χ0) is 13.1. The number of nitrogens with one attached hydrogen (secondary N) is 1. The van der Waals surface area contributed by atoms with Gasteiger partial charge >= 0.3 is 0 Å². The van der Waals surface area contributed by atoms with E-state index in [2.05, 4.69) is 10.3 Å². The minimum absolute atomic E-state index is 0.0527. The van der Waals surface area contributed by atoms with E-state index in [0.29, 0.717) is 0 Å². The van der Waals surface area contributed by atoms with Crippen molar-refractivity contribution < 1.29 is 8.78 Å². The summed E-state index contributed by atoms with van der Waals surface area (Å²) in [5, 5.41) is 11.4. The van der Waals surface area contributed by atoms with Crippen LogP contribution in [-0.4, -0.2) is 4.98 Å². The number of nitriles is 1. The molecule has 0 saturated heterocycles. The number of anilines is 3. The zero-order valence-corrected chi connectivity index (χ0v) is 9.11. The number of benzene rings is 1. The summed E-state index contributed by atoms with van der Waals surface area (Å²) in [5.74, 6) is -1.12. The quantitative estimate of drug-likeness (QED) is 0.853. The summed E-state index contributed by atoms with van der Waals surface area (Å²) in [5.41, 5.74) is 6.01. The Morgan fingerprint density at radius 2 is 1.83 bits per heavy atom. The van der Waals surface area contributed by atoms with Crippen LogP contribution in [0, 0.1) is 23.0 Å². The molecule has 0 spiro atoms. The molecule has 0 saturated carbocycles. The number of pyridine rings is 1. The predicted molar refractivity (Wildman–Crippen MR) is 63.0 cm³/mol. The van der Waals surface area contributed by atoms with Gasteiger partial charge < -0.3 is 11.1 Å². The van der Waals surface area contributed by atoms with Gasteiger partial charge in [-0.1, -0.05) is 0 Å². The van der Waals surface area contributed by atoms with Gasteiger partial charge in [0.2, 0.25) is 0 Å². The molecule has 0 fully saturated rings. The Bertz CT molecular complexity index is 614. The molecular weight excluding hydrogens is 238 g/mol. The van der Waals surface area contributed by atoms with E-state index in [0.717, 1.165) is 18.2 Å². The molecule has 4 nitrogen and oxygen atoms in total. The second kappa shape index (κ2) is 4.67. The Morgan fingerprint density at radius 3 is 2.44 bits per heavy atom. The van der Waals surface area contributed by atoms with Crippen molar-refractivity contribution in [1.82, 2.24) is 4.98 Å². The van der Waals surface area contributed by atoms with Gasteiger partial charge in [-0.2, -0.15) is 5.26 Å². The lowest BCUT2D eigenvalue weighted by Crippen LogP contribution is -1.99. The fourth-order valence-electron chi connectivity index (χ4n) is 1.40. The van der Waals surface area contributed by atoms with E-state index in [1.165, 1.54) is 12.1 Å². The van der Waals surface area contributed by atoms with E-state index < -0.39 is 11.6 Å². The topological polar surface area (TPSA) is 74.7 Å². The number of halogens is 2. The number of nitrogen functional groups attached to an aromatic ring is 1. The smallest absolute Gasteiger partial charge is 0.165 e. The average molecular weight is 246 g/mol. The van der Waals surface area contributed by atoms with Gasteiger partial charge in [0.1, 0.15) is 23.5 Å². The van der Waals surface area contributed by atoms with Crippen molar-refractivity contribution in [2.75, 3.05) is 11.1 Å². The first kappa shape index (κ1) is 11.8. The second-order valence-corrected chi connectivity index (χ2v) is 3.53. The Hall–Kier alpha value is -2.68. The van der Waals surface area contributed by atoms with Crippen molar-refractivity contribution in [2.24, 2.45) is 0 Å². The molecule has 1 heterocycles. The third kappa shape index (κ3) is 2.52. The van der Waals surface area contributed by atoms with Crippen LogP contribution in [0.4, 0.5) is 26.0 Å². The number of nitrogens with zero attached hydrogens (tertiary/aromatic N) is 2. The molecule has 0 amide bonds. The lowest BCUT2D eigenvalue weighted by Gasteiger charge is -2.07. The molecule has 1 aromatic carbocycles. The first-order valence-electron chi connectivity index (χ1n) is 4.98. The Balaban J connectivity index is 2.31. The summed E-state index contributed by atoms with van der Waals surface area (Å²) in [6, 6.07) is 7.83. The van der Waals surface area contributed by atoms with Gasteiger partial charge in [0.05, 0.1) is 5.69 Å². The van der Waals surface area contributed by atoms with E-state index >= 15 is 0 Å². The number of rotatable bonds is 2. The van der Waals surface area contributed by atoms with Crippen LogP contribution in [0.2, 0.25) is 0 Å². The molecule has 3 N–H and O–H groups in total. The second-order valence-electron chi connectivity index (χ2n) is 3.53. The highest BCUT2D eigenvalue weighted by Crippen LogP contribution is 2.19. The Kier molecular flexibility index (Phi) is 3.06. The minimum atomic E-state index is -0.701. The molecule has 0 aliphatic carbocycles. The van der Waals surface area contributed by atoms with E-state index in [9.17, 15) is 8.78 Å². The molecule has 0 atom stereocenters. The highest BCUT2D eigenvalue weighted by molar-refractivity contribution is 5.60. The van der Waals surface area contributed by atoms with Crippen LogP contribution in [0.15, 0.2) is 30.3 Å². The molecule has 0 radical (unpaired) electrons. The van der Waals surface area contributed by atoms with E-state index in [1.807, 2.05) is 6.07 Å². The molecule has 0 aliphatic rings. The average Bonchev–Trinajstić information content (AvgIpc) is 2.30. The SMILES string of the molecule is N#Cc1nc(Nc2cc(F)cc(F)c2)ccc1N. The third-order valence-corrected chi connectivity index (χ3v) is 2.17. The third-order valence-electron chi connectivity index (χ3n) is 2.17. The highest BCUT2D eigenvalue weighted by Gasteiger charge is 2.04. The maximum absolute atomic E-state index is 13.0. The molecule has 90 valence electrons. The molecule has 6 heteroatoms. The number of hydrogen-bond donors (Lipinski definition) is 2. The Labute approximate surface area is 102 Å². The summed E-state index contributed by atoms with van der Waals surface area (Å²) in [7, 11) is 0. The van der Waals surface area contributed by atoms with Crippen LogP contribution >= 0.6 is 0 Å². The van der Waals surface area contributed by atoms with E-state index in [4.69, 9.17) is 11.0 Å². The van der Waals surface area contributed by atoms with Crippen LogP contribution in [0.3, 0.4) is 0 Å². The van der Waals surface area contributed by atoms with Crippen molar-refractivity contribution >= 4 is 17.2 Å². The molecule has 2 aromatic rings. The normalized spacial score (nSPS) is 9.83. The van der Waals surface area contributed by atoms with Crippen LogP contribution in [0.25, 0.3) is 0 Å². The minimum Gasteiger partial charge on any atom is -0.396 e. The predicted octanol–water partition coefficient (Wildman–Crippen LogP) is 2.56.